The quantitative estimate of drug-likeness (QED) is 0.932. The van der Waals surface area contributed by atoms with Gasteiger partial charge in [-0.15, -0.1) is 0 Å². The smallest absolute Gasteiger partial charge is 0.226 e. The maximum absolute atomic E-state index is 12.0. The summed E-state index contributed by atoms with van der Waals surface area (Å²) in [6.07, 6.45) is 5.26. The lowest BCUT2D eigenvalue weighted by atomic mass is 9.89. The molecule has 5 nitrogen and oxygen atoms in total. The molecular formula is C16H20N4O. The second-order valence-corrected chi connectivity index (χ2v) is 5.92. The first-order chi connectivity index (χ1) is 9.97. The van der Waals surface area contributed by atoms with Crippen LogP contribution in [0.3, 0.4) is 0 Å². The molecule has 110 valence electrons. The van der Waals surface area contributed by atoms with Crippen LogP contribution in [0.5, 0.6) is 0 Å². The monoisotopic (exact) mass is 284 g/mol. The van der Waals surface area contributed by atoms with Crippen LogP contribution in [0.4, 0.5) is 0 Å². The fourth-order valence-electron chi connectivity index (χ4n) is 2.09. The second kappa shape index (κ2) is 6.43. The Kier molecular flexibility index (Phi) is 4.62. The molecule has 0 unspecified atom stereocenters. The Morgan fingerprint density at radius 1 is 1.24 bits per heavy atom. The molecule has 21 heavy (non-hydrogen) atoms. The van der Waals surface area contributed by atoms with Crippen molar-refractivity contribution in [2.24, 2.45) is 0 Å². The van der Waals surface area contributed by atoms with Crippen LogP contribution in [-0.4, -0.2) is 20.9 Å². The minimum Gasteiger partial charge on any atom is -0.352 e. The third-order valence-electron chi connectivity index (χ3n) is 3.04. The topological polar surface area (TPSA) is 67.8 Å². The largest absolute Gasteiger partial charge is 0.352 e. The van der Waals surface area contributed by atoms with Gasteiger partial charge in [-0.05, 0) is 12.1 Å². The normalized spacial score (nSPS) is 11.2. The number of amides is 1. The summed E-state index contributed by atoms with van der Waals surface area (Å²) in [6, 6.07) is 5.54. The minimum absolute atomic E-state index is 0.0580. The zero-order valence-electron chi connectivity index (χ0n) is 12.6. The van der Waals surface area contributed by atoms with Crippen molar-refractivity contribution in [2.75, 3.05) is 0 Å². The van der Waals surface area contributed by atoms with Gasteiger partial charge in [0.15, 0.2) is 0 Å². The van der Waals surface area contributed by atoms with Crippen molar-refractivity contribution >= 4 is 5.91 Å². The number of nitrogens with zero attached hydrogens (tertiary/aromatic N) is 3. The molecule has 0 fully saturated rings. The molecule has 0 saturated heterocycles. The van der Waals surface area contributed by atoms with Crippen LogP contribution >= 0.6 is 0 Å². The van der Waals surface area contributed by atoms with Crippen molar-refractivity contribution in [1.82, 2.24) is 20.3 Å². The van der Waals surface area contributed by atoms with Gasteiger partial charge in [-0.1, -0.05) is 26.8 Å². The molecule has 2 aromatic rings. The highest BCUT2D eigenvalue weighted by Crippen LogP contribution is 2.22. The first-order valence-electron chi connectivity index (χ1n) is 6.93. The number of aromatic nitrogens is 3. The summed E-state index contributed by atoms with van der Waals surface area (Å²) in [6.45, 7) is 6.71. The highest BCUT2D eigenvalue weighted by Gasteiger charge is 2.19. The summed E-state index contributed by atoms with van der Waals surface area (Å²) >= 11 is 0. The maximum atomic E-state index is 12.0. The van der Waals surface area contributed by atoms with Crippen LogP contribution in [0.25, 0.3) is 0 Å². The van der Waals surface area contributed by atoms with Crippen molar-refractivity contribution in [3.63, 3.8) is 0 Å². The average molecular weight is 284 g/mol. The number of carbonyl (C=O) groups excluding carboxylic acids is 1. The van der Waals surface area contributed by atoms with Gasteiger partial charge in [-0.3, -0.25) is 9.78 Å². The van der Waals surface area contributed by atoms with Crippen LogP contribution in [0.1, 0.15) is 37.7 Å². The van der Waals surface area contributed by atoms with E-state index >= 15 is 0 Å². The molecule has 0 bridgehead atoms. The van der Waals surface area contributed by atoms with Gasteiger partial charge in [-0.25, -0.2) is 9.97 Å². The number of nitrogens with one attached hydrogen (secondary N) is 1. The van der Waals surface area contributed by atoms with Crippen molar-refractivity contribution in [3.8, 4) is 0 Å². The summed E-state index contributed by atoms with van der Waals surface area (Å²) in [7, 11) is 0. The van der Waals surface area contributed by atoms with E-state index in [9.17, 15) is 4.79 Å². The summed E-state index contributed by atoms with van der Waals surface area (Å²) in [5, 5.41) is 2.90. The van der Waals surface area contributed by atoms with Gasteiger partial charge in [0.1, 0.15) is 6.33 Å². The van der Waals surface area contributed by atoms with Crippen molar-refractivity contribution in [3.05, 3.63) is 53.9 Å². The molecule has 5 heteroatoms. The van der Waals surface area contributed by atoms with E-state index in [1.54, 1.807) is 18.7 Å². The highest BCUT2D eigenvalue weighted by atomic mass is 16.1. The molecule has 0 aliphatic carbocycles. The summed E-state index contributed by atoms with van der Waals surface area (Å²) in [5.74, 6) is -0.0580. The molecule has 1 N–H and O–H groups in total. The number of hydrogen-bond donors (Lipinski definition) is 1. The Bertz CT molecular complexity index is 605. The van der Waals surface area contributed by atoms with E-state index in [4.69, 9.17) is 0 Å². The van der Waals surface area contributed by atoms with Crippen molar-refractivity contribution in [2.45, 2.75) is 39.2 Å². The molecular weight excluding hydrogens is 264 g/mol. The zero-order valence-corrected chi connectivity index (χ0v) is 12.6. The number of pyridine rings is 1. The van der Waals surface area contributed by atoms with Gasteiger partial charge < -0.3 is 5.32 Å². The van der Waals surface area contributed by atoms with Crippen molar-refractivity contribution in [1.29, 1.82) is 0 Å². The van der Waals surface area contributed by atoms with E-state index in [-0.39, 0.29) is 17.7 Å². The molecule has 0 aliphatic heterocycles. The summed E-state index contributed by atoms with van der Waals surface area (Å²) in [4.78, 5) is 24.5. The molecule has 0 saturated carbocycles. The van der Waals surface area contributed by atoms with Crippen LogP contribution < -0.4 is 5.32 Å². The van der Waals surface area contributed by atoms with E-state index in [1.807, 2.05) is 18.2 Å². The van der Waals surface area contributed by atoms with Gasteiger partial charge in [0.25, 0.3) is 0 Å². The molecule has 0 aliphatic rings. The first-order valence-corrected chi connectivity index (χ1v) is 6.93. The van der Waals surface area contributed by atoms with Gasteiger partial charge in [0.05, 0.1) is 12.1 Å². The molecule has 0 spiro atoms. The minimum atomic E-state index is -0.0794. The van der Waals surface area contributed by atoms with Crippen LogP contribution in [-0.2, 0) is 23.2 Å². The van der Waals surface area contributed by atoms with Gasteiger partial charge >= 0.3 is 0 Å². The maximum Gasteiger partial charge on any atom is 0.226 e. The second-order valence-electron chi connectivity index (χ2n) is 5.92. The van der Waals surface area contributed by atoms with Gasteiger partial charge in [0.2, 0.25) is 5.91 Å². The van der Waals surface area contributed by atoms with E-state index in [2.05, 4.69) is 41.0 Å². The molecule has 0 atom stereocenters. The molecule has 0 radical (unpaired) electrons. The Morgan fingerprint density at radius 2 is 2.05 bits per heavy atom. The predicted octanol–water partition coefficient (Wildman–Crippen LogP) is 2.03. The lowest BCUT2D eigenvalue weighted by Crippen LogP contribution is -2.27. The van der Waals surface area contributed by atoms with E-state index < -0.39 is 0 Å². The Hall–Kier alpha value is -2.30. The Labute approximate surface area is 124 Å². The Morgan fingerprint density at radius 3 is 2.71 bits per heavy atom. The molecule has 0 aromatic carbocycles. The SMILES string of the molecule is CC(C)(C)c1ncncc1CNC(=O)Cc1ccccn1. The van der Waals surface area contributed by atoms with Gasteiger partial charge in [0, 0.05) is 35.6 Å². The third kappa shape index (κ3) is 4.34. The zero-order chi connectivity index (χ0) is 15.3. The Balaban J connectivity index is 1.99. The van der Waals surface area contributed by atoms with Crippen LogP contribution in [0, 0.1) is 0 Å². The van der Waals surface area contributed by atoms with E-state index in [0.717, 1.165) is 17.0 Å². The molecule has 2 heterocycles. The van der Waals surface area contributed by atoms with Crippen LogP contribution in [0.15, 0.2) is 36.9 Å². The standard InChI is InChI=1S/C16H20N4O/c1-16(2,3)15-12(9-17-11-20-15)10-19-14(21)8-13-6-4-5-7-18-13/h4-7,9,11H,8,10H2,1-3H3,(H,19,21). The summed E-state index contributed by atoms with van der Waals surface area (Å²) < 4.78 is 0. The third-order valence-corrected chi connectivity index (χ3v) is 3.04. The molecule has 2 rings (SSSR count). The van der Waals surface area contributed by atoms with E-state index in [1.165, 1.54) is 0 Å². The number of hydrogen-bond acceptors (Lipinski definition) is 4. The van der Waals surface area contributed by atoms with Crippen LogP contribution in [0.2, 0.25) is 0 Å². The summed E-state index contributed by atoms with van der Waals surface area (Å²) in [5.41, 5.74) is 2.58. The van der Waals surface area contributed by atoms with Crippen molar-refractivity contribution < 1.29 is 4.79 Å². The lowest BCUT2D eigenvalue weighted by molar-refractivity contribution is -0.120. The lowest BCUT2D eigenvalue weighted by Gasteiger charge is -2.20. The highest BCUT2D eigenvalue weighted by molar-refractivity contribution is 5.78. The molecule has 1 amide bonds. The predicted molar refractivity (Wildman–Crippen MR) is 80.5 cm³/mol. The number of carbonyl (C=O) groups is 1. The fourth-order valence-corrected chi connectivity index (χ4v) is 2.09. The first kappa shape index (κ1) is 15.1. The van der Waals surface area contributed by atoms with Gasteiger partial charge in [-0.2, -0.15) is 0 Å². The number of rotatable bonds is 4. The average Bonchev–Trinajstić information content (AvgIpc) is 2.45. The fraction of sp³-hybridized carbons (Fsp3) is 0.375. The molecule has 2 aromatic heterocycles. The van der Waals surface area contributed by atoms with E-state index in [0.29, 0.717) is 6.54 Å².